The van der Waals surface area contributed by atoms with Gasteiger partial charge in [0.2, 0.25) is 5.91 Å². The van der Waals surface area contributed by atoms with Crippen molar-refractivity contribution < 1.29 is 9.53 Å². The molecule has 23 heavy (non-hydrogen) atoms. The van der Waals surface area contributed by atoms with Crippen molar-refractivity contribution in [2.75, 3.05) is 14.2 Å². The van der Waals surface area contributed by atoms with Gasteiger partial charge in [0, 0.05) is 13.0 Å². The van der Waals surface area contributed by atoms with Gasteiger partial charge in [-0.3, -0.25) is 4.79 Å². The van der Waals surface area contributed by atoms with E-state index in [9.17, 15) is 4.79 Å². The minimum absolute atomic E-state index is 0.0717. The fraction of sp³-hybridized carbons (Fsp3) is 0.350. The van der Waals surface area contributed by atoms with Gasteiger partial charge in [0.15, 0.2) is 0 Å². The molecule has 3 nitrogen and oxygen atoms in total. The third-order valence-corrected chi connectivity index (χ3v) is 4.86. The summed E-state index contributed by atoms with van der Waals surface area (Å²) in [6.45, 7) is 2.08. The van der Waals surface area contributed by atoms with Crippen LogP contribution in [-0.2, 0) is 4.79 Å². The Kier molecular flexibility index (Phi) is 4.37. The van der Waals surface area contributed by atoms with Crippen LogP contribution in [0.2, 0.25) is 0 Å². The van der Waals surface area contributed by atoms with Gasteiger partial charge in [0.05, 0.1) is 13.2 Å². The van der Waals surface area contributed by atoms with Gasteiger partial charge in [-0.05, 0) is 36.5 Å². The van der Waals surface area contributed by atoms with E-state index in [4.69, 9.17) is 4.74 Å². The quantitative estimate of drug-likeness (QED) is 0.835. The number of carbonyl (C=O) groups excluding carboxylic acids is 1. The molecule has 2 aromatic rings. The molecule has 1 aliphatic rings. The Hall–Kier alpha value is -2.29. The van der Waals surface area contributed by atoms with E-state index in [-0.39, 0.29) is 23.8 Å². The van der Waals surface area contributed by atoms with Gasteiger partial charge in [0.1, 0.15) is 5.75 Å². The molecule has 2 aromatic carbocycles. The van der Waals surface area contributed by atoms with Crippen LogP contribution in [0.3, 0.4) is 0 Å². The highest BCUT2D eigenvalue weighted by atomic mass is 16.5. The van der Waals surface area contributed by atoms with Crippen LogP contribution in [0.4, 0.5) is 0 Å². The summed E-state index contributed by atoms with van der Waals surface area (Å²) >= 11 is 0. The number of benzene rings is 2. The van der Waals surface area contributed by atoms with Crippen LogP contribution in [0.1, 0.15) is 36.4 Å². The Labute approximate surface area is 137 Å². The number of ether oxygens (including phenoxy) is 1. The Balaban J connectivity index is 1.70. The van der Waals surface area contributed by atoms with Gasteiger partial charge in [-0.15, -0.1) is 0 Å². The van der Waals surface area contributed by atoms with E-state index in [0.717, 1.165) is 23.3 Å². The first-order valence-corrected chi connectivity index (χ1v) is 8.08. The maximum absolute atomic E-state index is 12.8. The second-order valence-corrected chi connectivity index (χ2v) is 6.23. The smallest absolute Gasteiger partial charge is 0.226 e. The number of amides is 1. The zero-order valence-corrected chi connectivity index (χ0v) is 13.9. The third-order valence-electron chi connectivity index (χ3n) is 4.86. The number of nitrogens with zero attached hydrogens (tertiary/aromatic N) is 1. The lowest BCUT2D eigenvalue weighted by molar-refractivity contribution is -0.133. The van der Waals surface area contributed by atoms with E-state index >= 15 is 0 Å². The van der Waals surface area contributed by atoms with Crippen LogP contribution in [0, 0.1) is 5.92 Å². The molecule has 1 amide bonds. The second-order valence-electron chi connectivity index (χ2n) is 6.23. The summed E-state index contributed by atoms with van der Waals surface area (Å²) in [5.74, 6) is 1.45. The number of hydrogen-bond acceptors (Lipinski definition) is 2. The maximum Gasteiger partial charge on any atom is 0.226 e. The molecule has 0 saturated heterocycles. The Bertz CT molecular complexity index is 683. The molecule has 0 bridgehead atoms. The first kappa shape index (κ1) is 15.6. The molecule has 0 heterocycles. The highest BCUT2D eigenvalue weighted by molar-refractivity contribution is 5.83. The van der Waals surface area contributed by atoms with E-state index in [0.29, 0.717) is 0 Å². The SMILES string of the molecule is COc1ccccc1[C@@H]1C[C@@H]1C(=O)N(C)[C@@H](C)c1ccccc1. The highest BCUT2D eigenvalue weighted by Crippen LogP contribution is 2.51. The maximum atomic E-state index is 12.8. The van der Waals surface area contributed by atoms with Crippen molar-refractivity contribution in [2.45, 2.75) is 25.3 Å². The monoisotopic (exact) mass is 309 g/mol. The zero-order chi connectivity index (χ0) is 16.4. The summed E-state index contributed by atoms with van der Waals surface area (Å²) < 4.78 is 5.43. The van der Waals surface area contributed by atoms with Gasteiger partial charge in [-0.2, -0.15) is 0 Å². The van der Waals surface area contributed by atoms with E-state index < -0.39 is 0 Å². The minimum atomic E-state index is 0.0717. The number of hydrogen-bond donors (Lipinski definition) is 0. The average molecular weight is 309 g/mol. The Morgan fingerprint density at radius 2 is 1.78 bits per heavy atom. The molecule has 120 valence electrons. The summed E-state index contributed by atoms with van der Waals surface area (Å²) in [7, 11) is 3.58. The lowest BCUT2D eigenvalue weighted by atomic mass is 10.1. The molecule has 1 aliphatic carbocycles. The number of para-hydroxylation sites is 1. The van der Waals surface area contributed by atoms with Crippen molar-refractivity contribution in [3.05, 3.63) is 65.7 Å². The minimum Gasteiger partial charge on any atom is -0.496 e. The molecule has 3 heteroatoms. The number of carbonyl (C=O) groups is 1. The first-order chi connectivity index (χ1) is 11.1. The molecule has 0 unspecified atom stereocenters. The topological polar surface area (TPSA) is 29.5 Å². The van der Waals surface area contributed by atoms with E-state index in [1.165, 1.54) is 0 Å². The largest absolute Gasteiger partial charge is 0.496 e. The fourth-order valence-corrected chi connectivity index (χ4v) is 3.19. The van der Waals surface area contributed by atoms with Crippen LogP contribution >= 0.6 is 0 Å². The van der Waals surface area contributed by atoms with E-state index in [1.807, 2.05) is 48.3 Å². The molecule has 0 radical (unpaired) electrons. The highest BCUT2D eigenvalue weighted by Gasteiger charge is 2.46. The summed E-state index contributed by atoms with van der Waals surface area (Å²) in [5, 5.41) is 0. The van der Waals surface area contributed by atoms with Crippen molar-refractivity contribution >= 4 is 5.91 Å². The van der Waals surface area contributed by atoms with Crippen molar-refractivity contribution in [2.24, 2.45) is 5.92 Å². The standard InChI is InChI=1S/C20H23NO2/c1-14(15-9-5-4-6-10-15)21(2)20(22)18-13-17(18)16-11-7-8-12-19(16)23-3/h4-12,14,17-18H,13H2,1-3H3/t14-,17-,18-/m0/s1. The summed E-state index contributed by atoms with van der Waals surface area (Å²) in [4.78, 5) is 14.7. The van der Waals surface area contributed by atoms with E-state index in [2.05, 4.69) is 25.1 Å². The molecular formula is C20H23NO2. The van der Waals surface area contributed by atoms with E-state index in [1.54, 1.807) is 7.11 Å². The van der Waals surface area contributed by atoms with Crippen molar-refractivity contribution in [1.82, 2.24) is 4.90 Å². The molecular weight excluding hydrogens is 286 g/mol. The van der Waals surface area contributed by atoms with Crippen LogP contribution in [0.15, 0.2) is 54.6 Å². The van der Waals surface area contributed by atoms with Crippen molar-refractivity contribution in [3.63, 3.8) is 0 Å². The lowest BCUT2D eigenvalue weighted by Crippen LogP contribution is -2.31. The molecule has 0 aromatic heterocycles. The van der Waals surface area contributed by atoms with Crippen LogP contribution in [-0.4, -0.2) is 25.0 Å². The number of rotatable bonds is 5. The summed E-state index contributed by atoms with van der Waals surface area (Å²) in [6.07, 6.45) is 0.908. The predicted molar refractivity (Wildman–Crippen MR) is 91.5 cm³/mol. The Morgan fingerprint density at radius 3 is 2.48 bits per heavy atom. The molecule has 1 saturated carbocycles. The zero-order valence-electron chi connectivity index (χ0n) is 13.9. The van der Waals surface area contributed by atoms with Crippen LogP contribution < -0.4 is 4.74 Å². The summed E-state index contributed by atoms with van der Waals surface area (Å²) in [6, 6.07) is 18.2. The molecule has 1 fully saturated rings. The van der Waals surface area contributed by atoms with Crippen LogP contribution in [0.25, 0.3) is 0 Å². The second kappa shape index (κ2) is 6.45. The molecule has 3 atom stereocenters. The average Bonchev–Trinajstić information content (AvgIpc) is 3.41. The van der Waals surface area contributed by atoms with Gasteiger partial charge in [-0.25, -0.2) is 0 Å². The normalized spacial score (nSPS) is 20.7. The number of methoxy groups -OCH3 is 1. The van der Waals surface area contributed by atoms with Crippen molar-refractivity contribution in [3.8, 4) is 5.75 Å². The summed E-state index contributed by atoms with van der Waals surface area (Å²) in [5.41, 5.74) is 2.31. The Morgan fingerprint density at radius 1 is 1.13 bits per heavy atom. The van der Waals surface area contributed by atoms with Gasteiger partial charge in [0.25, 0.3) is 0 Å². The molecule has 0 spiro atoms. The van der Waals surface area contributed by atoms with Gasteiger partial charge >= 0.3 is 0 Å². The third kappa shape index (κ3) is 3.09. The molecule has 3 rings (SSSR count). The fourth-order valence-electron chi connectivity index (χ4n) is 3.19. The molecule has 0 aliphatic heterocycles. The first-order valence-electron chi connectivity index (χ1n) is 8.08. The van der Waals surface area contributed by atoms with Crippen molar-refractivity contribution in [1.29, 1.82) is 0 Å². The van der Waals surface area contributed by atoms with Gasteiger partial charge in [-0.1, -0.05) is 48.5 Å². The predicted octanol–water partition coefficient (Wildman–Crippen LogP) is 4.02. The van der Waals surface area contributed by atoms with Gasteiger partial charge < -0.3 is 9.64 Å². The lowest BCUT2D eigenvalue weighted by Gasteiger charge is -2.25. The molecule has 0 N–H and O–H groups in total. The van der Waals surface area contributed by atoms with Crippen LogP contribution in [0.5, 0.6) is 5.75 Å².